The molecule has 2 atom stereocenters. The number of fused-ring (bicyclic) bond motifs is 6. The molecule has 0 aliphatic heterocycles. The largest absolute Gasteiger partial charge is 0.314 e. The number of nitrogens with zero attached hydrogens (tertiary/aromatic N) is 2. The van der Waals surface area contributed by atoms with Gasteiger partial charge in [-0.05, 0) is 146 Å². The van der Waals surface area contributed by atoms with E-state index in [0.717, 1.165) is 29.9 Å². The molecule has 0 saturated heterocycles. The van der Waals surface area contributed by atoms with Crippen LogP contribution in [-0.2, 0) is 0 Å². The van der Waals surface area contributed by atoms with Crippen LogP contribution < -0.4 is 4.90 Å². The Bertz CT molecular complexity index is 3940. The molecule has 71 heavy (non-hydrogen) atoms. The number of rotatable bonds is 9. The number of anilines is 2. The molecule has 0 radical (unpaired) electrons. The fourth-order valence-corrected chi connectivity index (χ4v) is 11.5. The highest BCUT2D eigenvalue weighted by Gasteiger charge is 2.24. The Labute approximate surface area is 416 Å². The predicted octanol–water partition coefficient (Wildman–Crippen LogP) is 18.7. The highest BCUT2D eigenvalue weighted by atomic mass is 15.1. The lowest BCUT2D eigenvalue weighted by Gasteiger charge is -2.31. The van der Waals surface area contributed by atoms with E-state index in [2.05, 4.69) is 277 Å². The Balaban J connectivity index is 0.918. The molecule has 1 heterocycles. The molecule has 0 amide bonds. The summed E-state index contributed by atoms with van der Waals surface area (Å²) in [5, 5.41) is 7.62. The van der Waals surface area contributed by atoms with Gasteiger partial charge in [-0.15, -0.1) is 0 Å². The third kappa shape index (κ3) is 7.70. The Kier molecular flexibility index (Phi) is 10.7. The molecule has 2 aliphatic rings. The molecule has 2 heteroatoms. The van der Waals surface area contributed by atoms with E-state index in [1.807, 2.05) is 0 Å². The van der Waals surface area contributed by atoms with Crippen molar-refractivity contribution in [3.05, 3.63) is 283 Å². The Morgan fingerprint density at radius 1 is 0.465 bits per heavy atom. The molecule has 0 bridgehead atoms. The average Bonchev–Trinajstić information content (AvgIpc) is 3.79. The Hall–Kier alpha value is -8.72. The molecule has 0 N–H and O–H groups in total. The summed E-state index contributed by atoms with van der Waals surface area (Å²) < 4.78 is 2.46. The number of benzene rings is 10. The SMILES string of the molecule is CC1C=C(c2ccc(N(C3=CC=C(c4cccc(-c5ccccc5)c4)CC3)c3cccc(-c4cc5ccccc5c5c4c4ccccc4n5-c4ccccc4)c3)cc2)C=CC1c1cccc2ccccc12. The number of hydrogen-bond donors (Lipinski definition) is 0. The molecule has 0 fully saturated rings. The maximum atomic E-state index is 2.50. The lowest BCUT2D eigenvalue weighted by molar-refractivity contribution is 0.641. The van der Waals surface area contributed by atoms with Gasteiger partial charge in [-0.2, -0.15) is 0 Å². The number of allylic oxidation sites excluding steroid dienone is 8. The van der Waals surface area contributed by atoms with Crippen LogP contribution in [-0.4, -0.2) is 4.57 Å². The van der Waals surface area contributed by atoms with Gasteiger partial charge in [0, 0.05) is 44.8 Å². The smallest absolute Gasteiger partial charge is 0.0625 e. The highest BCUT2D eigenvalue weighted by molar-refractivity contribution is 6.24. The molecule has 0 spiro atoms. The summed E-state index contributed by atoms with van der Waals surface area (Å²) in [6.07, 6.45) is 13.8. The molecule has 2 aliphatic carbocycles. The topological polar surface area (TPSA) is 8.17 Å². The second-order valence-electron chi connectivity index (χ2n) is 19.2. The summed E-state index contributed by atoms with van der Waals surface area (Å²) >= 11 is 0. The Morgan fingerprint density at radius 2 is 1.13 bits per heavy atom. The van der Waals surface area contributed by atoms with E-state index < -0.39 is 0 Å². The minimum Gasteiger partial charge on any atom is -0.314 e. The molecule has 2 nitrogen and oxygen atoms in total. The second-order valence-corrected chi connectivity index (χ2v) is 19.2. The van der Waals surface area contributed by atoms with Gasteiger partial charge in [0.2, 0.25) is 0 Å². The third-order valence-corrected chi connectivity index (χ3v) is 15.0. The van der Waals surface area contributed by atoms with Crippen LogP contribution in [0.15, 0.2) is 267 Å². The average molecular weight is 909 g/mol. The van der Waals surface area contributed by atoms with Crippen LogP contribution in [0.3, 0.4) is 0 Å². The fourth-order valence-electron chi connectivity index (χ4n) is 11.5. The molecule has 2 unspecified atom stereocenters. The maximum Gasteiger partial charge on any atom is 0.0625 e. The zero-order chi connectivity index (χ0) is 47.3. The van der Waals surface area contributed by atoms with Gasteiger partial charge in [-0.3, -0.25) is 0 Å². The molecule has 1 aromatic heterocycles. The monoisotopic (exact) mass is 908 g/mol. The van der Waals surface area contributed by atoms with Crippen LogP contribution in [0.4, 0.5) is 11.4 Å². The van der Waals surface area contributed by atoms with E-state index in [0.29, 0.717) is 11.8 Å². The minimum atomic E-state index is 0.322. The van der Waals surface area contributed by atoms with E-state index >= 15 is 0 Å². The van der Waals surface area contributed by atoms with Gasteiger partial charge >= 0.3 is 0 Å². The summed E-state index contributed by atoms with van der Waals surface area (Å²) in [6.45, 7) is 2.36. The molecule has 13 rings (SSSR count). The van der Waals surface area contributed by atoms with Crippen molar-refractivity contribution in [3.63, 3.8) is 0 Å². The number of para-hydroxylation sites is 2. The van der Waals surface area contributed by atoms with Crippen LogP contribution in [0.1, 0.15) is 42.4 Å². The molecular formula is C69H52N2. The molecule has 11 aromatic rings. The van der Waals surface area contributed by atoms with Gasteiger partial charge < -0.3 is 9.47 Å². The fraction of sp³-hybridized carbons (Fsp3) is 0.0725. The lowest BCUT2D eigenvalue weighted by atomic mass is 9.79. The zero-order valence-electron chi connectivity index (χ0n) is 39.8. The van der Waals surface area contributed by atoms with Crippen molar-refractivity contribution in [3.8, 4) is 27.9 Å². The first-order valence-corrected chi connectivity index (χ1v) is 25.1. The summed E-state index contributed by atoms with van der Waals surface area (Å²) in [5.41, 5.74) is 18.6. The van der Waals surface area contributed by atoms with Crippen molar-refractivity contribution in [1.29, 1.82) is 0 Å². The van der Waals surface area contributed by atoms with Crippen LogP contribution in [0.5, 0.6) is 0 Å². The van der Waals surface area contributed by atoms with Gasteiger partial charge in [-0.25, -0.2) is 0 Å². The first kappa shape index (κ1) is 42.4. The summed E-state index contributed by atoms with van der Waals surface area (Å²) in [5.74, 6) is 0.674. The van der Waals surface area contributed by atoms with Gasteiger partial charge in [0.1, 0.15) is 0 Å². The van der Waals surface area contributed by atoms with E-state index in [4.69, 9.17) is 0 Å². The van der Waals surface area contributed by atoms with Crippen LogP contribution in [0.2, 0.25) is 0 Å². The number of hydrogen-bond acceptors (Lipinski definition) is 1. The summed E-state index contributed by atoms with van der Waals surface area (Å²) in [4.78, 5) is 2.50. The molecule has 0 saturated carbocycles. The highest BCUT2D eigenvalue weighted by Crippen LogP contribution is 2.45. The van der Waals surface area contributed by atoms with Crippen molar-refractivity contribution in [1.82, 2.24) is 4.57 Å². The Morgan fingerprint density at radius 3 is 1.93 bits per heavy atom. The normalized spacial score (nSPS) is 15.8. The summed E-state index contributed by atoms with van der Waals surface area (Å²) in [7, 11) is 0. The van der Waals surface area contributed by atoms with E-state index in [9.17, 15) is 0 Å². The third-order valence-electron chi connectivity index (χ3n) is 15.0. The first-order chi connectivity index (χ1) is 35.1. The molecule has 10 aromatic carbocycles. The van der Waals surface area contributed by atoms with E-state index in [-0.39, 0.29) is 0 Å². The van der Waals surface area contributed by atoms with Gasteiger partial charge in [0.15, 0.2) is 0 Å². The summed E-state index contributed by atoms with van der Waals surface area (Å²) in [6, 6.07) is 84.7. The predicted molar refractivity (Wildman–Crippen MR) is 302 cm³/mol. The van der Waals surface area contributed by atoms with E-state index in [1.165, 1.54) is 99.1 Å². The quantitative estimate of drug-likeness (QED) is 0.140. The number of aromatic nitrogens is 1. The zero-order valence-corrected chi connectivity index (χ0v) is 39.8. The van der Waals surface area contributed by atoms with Crippen molar-refractivity contribution in [2.24, 2.45) is 5.92 Å². The van der Waals surface area contributed by atoms with Gasteiger partial charge in [0.25, 0.3) is 0 Å². The van der Waals surface area contributed by atoms with Crippen LogP contribution >= 0.6 is 0 Å². The second kappa shape index (κ2) is 18.0. The minimum absolute atomic E-state index is 0.322. The van der Waals surface area contributed by atoms with Crippen LogP contribution in [0, 0.1) is 5.92 Å². The van der Waals surface area contributed by atoms with Crippen molar-refractivity contribution >= 4 is 65.9 Å². The van der Waals surface area contributed by atoms with Crippen molar-refractivity contribution < 1.29 is 0 Å². The standard InChI is InChI=1S/C69H52N2/c1-47-43-54(37-42-61(47)64-31-16-21-51-19-8-10-28-62(51)64)50-35-40-59(41-36-50)70(58-38-33-49(34-39-58)53-23-14-22-52(44-53)48-17-4-2-5-18-48)60-27-15-24-55(45-60)66-46-56-20-9-11-29-63(56)69-68(66)65-30-12-13-32-67(65)71(69)57-25-6-3-7-26-57/h2-33,35-38,40-47,61H,34,39H2,1H3. The maximum absolute atomic E-state index is 2.50. The van der Waals surface area contributed by atoms with Crippen molar-refractivity contribution in [2.75, 3.05) is 4.90 Å². The first-order valence-electron chi connectivity index (χ1n) is 25.1. The van der Waals surface area contributed by atoms with E-state index in [1.54, 1.807) is 0 Å². The molecule has 338 valence electrons. The molecular weight excluding hydrogens is 857 g/mol. The van der Waals surface area contributed by atoms with Gasteiger partial charge in [-0.1, -0.05) is 207 Å². The van der Waals surface area contributed by atoms with Gasteiger partial charge in [0.05, 0.1) is 11.0 Å². The van der Waals surface area contributed by atoms with Crippen molar-refractivity contribution in [2.45, 2.75) is 25.7 Å². The van der Waals surface area contributed by atoms with Crippen LogP contribution in [0.25, 0.3) is 82.4 Å². The lowest BCUT2D eigenvalue weighted by Crippen LogP contribution is -2.18.